The Morgan fingerprint density at radius 3 is 2.80 bits per heavy atom. The van der Waals surface area contributed by atoms with E-state index < -0.39 is 0 Å². The largest absolute Gasteiger partial charge is 0.395 e. The molecule has 1 aromatic rings. The van der Waals surface area contributed by atoms with Crippen LogP contribution in [0.4, 0.5) is 5.69 Å². The molecule has 1 atom stereocenters. The van der Waals surface area contributed by atoms with Crippen LogP contribution in [0.15, 0.2) is 35.3 Å². The standard InChI is InChI=1S/C16H25BrN2O/c1-4-8-18-13(3)14-6-7-16(15(17)12-14)19(9-5-2)10-11-20/h5-7,12-13,18,20H,2,4,8-11H2,1,3H3. The van der Waals surface area contributed by atoms with Crippen LogP contribution >= 0.6 is 15.9 Å². The summed E-state index contributed by atoms with van der Waals surface area (Å²) >= 11 is 3.64. The van der Waals surface area contributed by atoms with Gasteiger partial charge in [0.05, 0.1) is 12.3 Å². The molecule has 0 saturated carbocycles. The van der Waals surface area contributed by atoms with Crippen molar-refractivity contribution >= 4 is 21.6 Å². The summed E-state index contributed by atoms with van der Waals surface area (Å²) < 4.78 is 1.05. The quantitative estimate of drug-likeness (QED) is 0.675. The Morgan fingerprint density at radius 1 is 1.50 bits per heavy atom. The van der Waals surface area contributed by atoms with E-state index in [4.69, 9.17) is 5.11 Å². The van der Waals surface area contributed by atoms with Gasteiger partial charge in [0.1, 0.15) is 0 Å². The molecule has 0 aliphatic heterocycles. The number of hydrogen-bond acceptors (Lipinski definition) is 3. The average Bonchev–Trinajstić information content (AvgIpc) is 2.44. The van der Waals surface area contributed by atoms with Crippen molar-refractivity contribution in [2.75, 3.05) is 31.1 Å². The van der Waals surface area contributed by atoms with E-state index in [-0.39, 0.29) is 6.61 Å². The normalized spacial score (nSPS) is 12.2. The van der Waals surface area contributed by atoms with Gasteiger partial charge >= 0.3 is 0 Å². The Morgan fingerprint density at radius 2 is 2.25 bits per heavy atom. The summed E-state index contributed by atoms with van der Waals surface area (Å²) in [6, 6.07) is 6.73. The lowest BCUT2D eigenvalue weighted by atomic mass is 10.1. The molecule has 0 aliphatic carbocycles. The van der Waals surface area contributed by atoms with E-state index in [1.54, 1.807) is 0 Å². The van der Waals surface area contributed by atoms with Crippen molar-refractivity contribution < 1.29 is 5.11 Å². The molecule has 1 aromatic carbocycles. The molecule has 2 N–H and O–H groups in total. The Hall–Kier alpha value is -0.840. The molecule has 112 valence electrons. The zero-order valence-electron chi connectivity index (χ0n) is 12.4. The molecule has 0 heterocycles. The minimum Gasteiger partial charge on any atom is -0.395 e. The fourth-order valence-corrected chi connectivity index (χ4v) is 2.76. The van der Waals surface area contributed by atoms with Crippen LogP contribution in [0.5, 0.6) is 0 Å². The molecule has 3 nitrogen and oxygen atoms in total. The number of benzene rings is 1. The van der Waals surface area contributed by atoms with Crippen LogP contribution in [0.1, 0.15) is 31.9 Å². The third kappa shape index (κ3) is 4.93. The predicted octanol–water partition coefficient (Wildman–Crippen LogP) is 3.49. The number of anilines is 1. The summed E-state index contributed by atoms with van der Waals surface area (Å²) in [7, 11) is 0. The smallest absolute Gasteiger partial charge is 0.0606 e. The van der Waals surface area contributed by atoms with Gasteiger partial charge in [-0.2, -0.15) is 0 Å². The summed E-state index contributed by atoms with van der Waals surface area (Å²) in [5, 5.41) is 12.6. The Bertz CT molecular complexity index is 423. The SMILES string of the molecule is C=CCN(CCO)c1ccc(C(C)NCCC)cc1Br. The monoisotopic (exact) mass is 340 g/mol. The molecule has 0 fully saturated rings. The molecule has 0 amide bonds. The van der Waals surface area contributed by atoms with Crippen LogP contribution in [-0.4, -0.2) is 31.3 Å². The summed E-state index contributed by atoms with van der Waals surface area (Å²) in [4.78, 5) is 2.10. The summed E-state index contributed by atoms with van der Waals surface area (Å²) in [5.41, 5.74) is 2.35. The Labute approximate surface area is 130 Å². The lowest BCUT2D eigenvalue weighted by molar-refractivity contribution is 0.303. The Balaban J connectivity index is 2.87. The van der Waals surface area contributed by atoms with Gasteiger partial charge in [-0.15, -0.1) is 6.58 Å². The molecule has 0 aromatic heterocycles. The number of aliphatic hydroxyl groups is 1. The van der Waals surface area contributed by atoms with Crippen LogP contribution in [0.2, 0.25) is 0 Å². The highest BCUT2D eigenvalue weighted by Crippen LogP contribution is 2.29. The second-order valence-electron chi connectivity index (χ2n) is 4.84. The van der Waals surface area contributed by atoms with Gasteiger partial charge in [0.25, 0.3) is 0 Å². The molecular formula is C16H25BrN2O. The highest BCUT2D eigenvalue weighted by molar-refractivity contribution is 9.10. The third-order valence-electron chi connectivity index (χ3n) is 3.23. The van der Waals surface area contributed by atoms with Crippen LogP contribution in [-0.2, 0) is 0 Å². The van der Waals surface area contributed by atoms with E-state index in [1.807, 2.05) is 6.08 Å². The summed E-state index contributed by atoms with van der Waals surface area (Å²) in [6.45, 7) is 10.6. The first-order valence-corrected chi connectivity index (χ1v) is 7.92. The molecule has 20 heavy (non-hydrogen) atoms. The van der Waals surface area contributed by atoms with Crippen LogP contribution in [0.3, 0.4) is 0 Å². The van der Waals surface area contributed by atoms with Gasteiger partial charge in [-0.25, -0.2) is 0 Å². The average molecular weight is 341 g/mol. The summed E-state index contributed by atoms with van der Waals surface area (Å²) in [5.74, 6) is 0. The van der Waals surface area contributed by atoms with Crippen LogP contribution in [0.25, 0.3) is 0 Å². The van der Waals surface area contributed by atoms with E-state index in [2.05, 4.69) is 64.8 Å². The van der Waals surface area contributed by atoms with E-state index in [0.29, 0.717) is 12.6 Å². The maximum atomic E-state index is 9.15. The second-order valence-corrected chi connectivity index (χ2v) is 5.70. The van der Waals surface area contributed by atoms with Gasteiger partial charge in [0.15, 0.2) is 0 Å². The van der Waals surface area contributed by atoms with Crippen molar-refractivity contribution in [3.8, 4) is 0 Å². The fraction of sp³-hybridized carbons (Fsp3) is 0.500. The minimum atomic E-state index is 0.135. The first kappa shape index (κ1) is 17.2. The van der Waals surface area contributed by atoms with Crippen molar-refractivity contribution in [1.29, 1.82) is 0 Å². The number of nitrogens with zero attached hydrogens (tertiary/aromatic N) is 1. The second kappa shape index (κ2) is 9.16. The number of nitrogens with one attached hydrogen (secondary N) is 1. The highest BCUT2D eigenvalue weighted by Gasteiger charge is 2.11. The van der Waals surface area contributed by atoms with Crippen molar-refractivity contribution in [2.24, 2.45) is 0 Å². The van der Waals surface area contributed by atoms with Crippen molar-refractivity contribution in [3.63, 3.8) is 0 Å². The predicted molar refractivity (Wildman–Crippen MR) is 90.3 cm³/mol. The molecule has 1 rings (SSSR count). The number of aliphatic hydroxyl groups excluding tert-OH is 1. The molecule has 0 radical (unpaired) electrons. The van der Waals surface area contributed by atoms with Crippen molar-refractivity contribution in [1.82, 2.24) is 5.32 Å². The first-order valence-electron chi connectivity index (χ1n) is 7.13. The van der Waals surface area contributed by atoms with E-state index >= 15 is 0 Å². The lowest BCUT2D eigenvalue weighted by Gasteiger charge is -2.24. The van der Waals surface area contributed by atoms with Gasteiger partial charge in [0, 0.05) is 23.6 Å². The van der Waals surface area contributed by atoms with Gasteiger partial charge in [-0.3, -0.25) is 0 Å². The van der Waals surface area contributed by atoms with Crippen LogP contribution < -0.4 is 10.2 Å². The minimum absolute atomic E-state index is 0.135. The summed E-state index contributed by atoms with van der Waals surface area (Å²) in [6.07, 6.45) is 2.98. The Kier molecular flexibility index (Phi) is 7.88. The van der Waals surface area contributed by atoms with Gasteiger partial charge in [-0.1, -0.05) is 19.1 Å². The third-order valence-corrected chi connectivity index (χ3v) is 3.87. The van der Waals surface area contributed by atoms with Crippen LogP contribution in [0, 0.1) is 0 Å². The number of halogens is 1. The zero-order valence-corrected chi connectivity index (χ0v) is 14.0. The van der Waals surface area contributed by atoms with E-state index in [0.717, 1.165) is 29.7 Å². The van der Waals surface area contributed by atoms with E-state index in [1.165, 1.54) is 5.56 Å². The first-order chi connectivity index (χ1) is 9.63. The van der Waals surface area contributed by atoms with Crippen molar-refractivity contribution in [3.05, 3.63) is 40.9 Å². The topological polar surface area (TPSA) is 35.5 Å². The maximum Gasteiger partial charge on any atom is 0.0606 e. The fourth-order valence-electron chi connectivity index (χ4n) is 2.11. The zero-order chi connectivity index (χ0) is 15.0. The van der Waals surface area contributed by atoms with Gasteiger partial charge < -0.3 is 15.3 Å². The molecule has 4 heteroatoms. The maximum absolute atomic E-state index is 9.15. The highest BCUT2D eigenvalue weighted by atomic mass is 79.9. The van der Waals surface area contributed by atoms with Gasteiger partial charge in [0.2, 0.25) is 0 Å². The molecule has 0 spiro atoms. The number of hydrogen-bond donors (Lipinski definition) is 2. The number of rotatable bonds is 9. The van der Waals surface area contributed by atoms with E-state index in [9.17, 15) is 0 Å². The molecule has 0 aliphatic rings. The molecule has 0 bridgehead atoms. The molecule has 1 unspecified atom stereocenters. The molecular weight excluding hydrogens is 316 g/mol. The van der Waals surface area contributed by atoms with Crippen molar-refractivity contribution in [2.45, 2.75) is 26.3 Å². The lowest BCUT2D eigenvalue weighted by Crippen LogP contribution is -2.27. The van der Waals surface area contributed by atoms with Gasteiger partial charge in [-0.05, 0) is 53.5 Å². The molecule has 0 saturated heterocycles.